The van der Waals surface area contributed by atoms with Gasteiger partial charge in [-0.05, 0) is 48.7 Å². The lowest BCUT2D eigenvalue weighted by Crippen LogP contribution is -2.48. The van der Waals surface area contributed by atoms with E-state index >= 15 is 0 Å². The molecular weight excluding hydrogens is 475 g/mol. The zero-order valence-electron chi connectivity index (χ0n) is 17.7. The molecule has 0 fully saturated rings. The number of carbonyl (C=O) groups is 2. The van der Waals surface area contributed by atoms with Crippen molar-refractivity contribution < 1.29 is 9.59 Å². The van der Waals surface area contributed by atoms with Gasteiger partial charge < -0.3 is 10.2 Å². The first-order chi connectivity index (χ1) is 14.8. The zero-order valence-corrected chi connectivity index (χ0v) is 20.8. The Morgan fingerprint density at radius 1 is 1.06 bits per heavy atom. The lowest BCUT2D eigenvalue weighted by molar-refractivity contribution is -0.138. The van der Waals surface area contributed by atoms with Gasteiger partial charge in [-0.3, -0.25) is 9.59 Å². The smallest absolute Gasteiger partial charge is 0.242 e. The Bertz CT molecular complexity index is 878. The highest BCUT2D eigenvalue weighted by molar-refractivity contribution is 7.99. The molecule has 0 bridgehead atoms. The fourth-order valence-electron chi connectivity index (χ4n) is 2.87. The summed E-state index contributed by atoms with van der Waals surface area (Å²) in [6.45, 7) is 4.63. The molecule has 0 saturated carbocycles. The minimum Gasteiger partial charge on any atom is -0.354 e. The minimum atomic E-state index is -0.618. The number of benzene rings is 2. The fourth-order valence-corrected chi connectivity index (χ4v) is 4.34. The van der Waals surface area contributed by atoms with E-state index in [2.05, 4.69) is 12.2 Å². The van der Waals surface area contributed by atoms with Crippen LogP contribution in [0.25, 0.3) is 0 Å². The van der Waals surface area contributed by atoms with E-state index in [1.807, 2.05) is 24.3 Å². The first kappa shape index (κ1) is 25.9. The van der Waals surface area contributed by atoms with Gasteiger partial charge in [0.25, 0.3) is 0 Å². The van der Waals surface area contributed by atoms with E-state index < -0.39 is 6.04 Å². The average Bonchev–Trinajstić information content (AvgIpc) is 2.74. The van der Waals surface area contributed by atoms with E-state index in [0.29, 0.717) is 27.4 Å². The van der Waals surface area contributed by atoms with Gasteiger partial charge in [-0.1, -0.05) is 66.3 Å². The van der Waals surface area contributed by atoms with Crippen LogP contribution in [0, 0.1) is 0 Å². The molecule has 4 nitrogen and oxygen atoms in total. The Balaban J connectivity index is 2.08. The predicted molar refractivity (Wildman–Crippen MR) is 132 cm³/mol. The third kappa shape index (κ3) is 8.57. The molecule has 8 heteroatoms. The van der Waals surface area contributed by atoms with Crippen molar-refractivity contribution in [3.63, 3.8) is 0 Å². The highest BCUT2D eigenvalue weighted by Gasteiger charge is 2.26. The normalized spacial score (nSPS) is 11.8. The summed E-state index contributed by atoms with van der Waals surface area (Å²) in [4.78, 5) is 27.3. The number of nitrogens with one attached hydrogen (secondary N) is 1. The SMILES string of the molecule is CCCCNC(=O)[C@@H](C)N(Cc1ccc(Cl)cc1Cl)C(=O)CSCc1ccc(Cl)cc1. The summed E-state index contributed by atoms with van der Waals surface area (Å²) in [6.07, 6.45) is 1.88. The number of halogens is 3. The molecular formula is C23H27Cl3N2O2S. The number of amides is 2. The van der Waals surface area contributed by atoms with Gasteiger partial charge >= 0.3 is 0 Å². The van der Waals surface area contributed by atoms with Crippen molar-refractivity contribution >= 4 is 58.4 Å². The molecule has 0 aliphatic heterocycles. The topological polar surface area (TPSA) is 49.4 Å². The summed E-state index contributed by atoms with van der Waals surface area (Å²) in [5, 5.41) is 4.58. The summed E-state index contributed by atoms with van der Waals surface area (Å²) < 4.78 is 0. The second-order valence-corrected chi connectivity index (χ2v) is 9.46. The highest BCUT2D eigenvalue weighted by Crippen LogP contribution is 2.24. The van der Waals surface area contributed by atoms with Crippen LogP contribution in [0.15, 0.2) is 42.5 Å². The molecule has 0 radical (unpaired) electrons. The van der Waals surface area contributed by atoms with Gasteiger partial charge in [-0.15, -0.1) is 11.8 Å². The molecule has 0 aliphatic rings. The molecule has 0 aromatic heterocycles. The van der Waals surface area contributed by atoms with Crippen LogP contribution in [0.2, 0.25) is 15.1 Å². The van der Waals surface area contributed by atoms with E-state index in [0.717, 1.165) is 24.0 Å². The Kier molecular flexibility index (Phi) is 11.0. The van der Waals surface area contributed by atoms with Gasteiger partial charge in [0.2, 0.25) is 11.8 Å². The molecule has 1 N–H and O–H groups in total. The van der Waals surface area contributed by atoms with Crippen LogP contribution >= 0.6 is 46.6 Å². The number of rotatable bonds is 11. The number of unbranched alkanes of at least 4 members (excludes halogenated alkanes) is 1. The molecule has 168 valence electrons. The molecule has 0 saturated heterocycles. The Hall–Kier alpha value is -1.40. The molecule has 2 aromatic carbocycles. The monoisotopic (exact) mass is 500 g/mol. The van der Waals surface area contributed by atoms with Crippen LogP contribution < -0.4 is 5.32 Å². The van der Waals surface area contributed by atoms with E-state index in [4.69, 9.17) is 34.8 Å². The van der Waals surface area contributed by atoms with Crippen molar-refractivity contribution in [2.24, 2.45) is 0 Å². The van der Waals surface area contributed by atoms with Gasteiger partial charge in [-0.2, -0.15) is 0 Å². The maximum absolute atomic E-state index is 13.1. The molecule has 1 atom stereocenters. The summed E-state index contributed by atoms with van der Waals surface area (Å²) in [7, 11) is 0. The van der Waals surface area contributed by atoms with Crippen molar-refractivity contribution in [2.75, 3.05) is 12.3 Å². The van der Waals surface area contributed by atoms with Crippen molar-refractivity contribution in [2.45, 2.75) is 45.0 Å². The van der Waals surface area contributed by atoms with Crippen molar-refractivity contribution in [1.29, 1.82) is 0 Å². The number of nitrogens with zero attached hydrogens (tertiary/aromatic N) is 1. The number of thioether (sulfide) groups is 1. The van der Waals surface area contributed by atoms with Crippen LogP contribution in [0.5, 0.6) is 0 Å². The molecule has 31 heavy (non-hydrogen) atoms. The lowest BCUT2D eigenvalue weighted by Gasteiger charge is -2.29. The maximum atomic E-state index is 13.1. The van der Waals surface area contributed by atoms with Crippen LogP contribution in [0.1, 0.15) is 37.8 Å². The lowest BCUT2D eigenvalue weighted by atomic mass is 10.1. The van der Waals surface area contributed by atoms with Crippen LogP contribution in [-0.2, 0) is 21.9 Å². The zero-order chi connectivity index (χ0) is 22.8. The van der Waals surface area contributed by atoms with Crippen LogP contribution in [0.4, 0.5) is 0 Å². The van der Waals surface area contributed by atoms with Crippen molar-refractivity contribution in [3.05, 3.63) is 68.7 Å². The van der Waals surface area contributed by atoms with Crippen molar-refractivity contribution in [3.8, 4) is 0 Å². The van der Waals surface area contributed by atoms with Gasteiger partial charge in [0.15, 0.2) is 0 Å². The Morgan fingerprint density at radius 2 is 1.74 bits per heavy atom. The van der Waals surface area contributed by atoms with Crippen LogP contribution in [-0.4, -0.2) is 35.1 Å². The summed E-state index contributed by atoms with van der Waals surface area (Å²) in [5.74, 6) is 0.633. The first-order valence-electron chi connectivity index (χ1n) is 10.1. The summed E-state index contributed by atoms with van der Waals surface area (Å²) >= 11 is 19.7. The predicted octanol–water partition coefficient (Wildman–Crippen LogP) is 6.21. The second-order valence-electron chi connectivity index (χ2n) is 7.20. The molecule has 2 aromatic rings. The number of hydrogen-bond donors (Lipinski definition) is 1. The van der Waals surface area contributed by atoms with E-state index in [1.165, 1.54) is 11.8 Å². The van der Waals surface area contributed by atoms with E-state index in [9.17, 15) is 9.59 Å². The highest BCUT2D eigenvalue weighted by atomic mass is 35.5. The standard InChI is InChI=1S/C23H27Cl3N2O2S/c1-3-4-11-27-23(30)16(2)28(13-18-7-10-20(25)12-21(18)26)22(29)15-31-14-17-5-8-19(24)9-6-17/h5-10,12,16H,3-4,11,13-15H2,1-2H3,(H,27,30)/t16-/m1/s1. The quantitative estimate of drug-likeness (QED) is 0.372. The third-order valence-electron chi connectivity index (χ3n) is 4.76. The third-order valence-corrected chi connectivity index (χ3v) is 6.59. The van der Waals surface area contributed by atoms with Gasteiger partial charge in [0.1, 0.15) is 6.04 Å². The largest absolute Gasteiger partial charge is 0.354 e. The average molecular weight is 502 g/mol. The first-order valence-corrected chi connectivity index (χ1v) is 12.4. The molecule has 0 heterocycles. The fraction of sp³-hybridized carbons (Fsp3) is 0.391. The Labute approximate surface area is 203 Å². The molecule has 0 spiro atoms. The molecule has 0 aliphatic carbocycles. The molecule has 2 rings (SSSR count). The Morgan fingerprint density at radius 3 is 2.39 bits per heavy atom. The van der Waals surface area contributed by atoms with E-state index in [-0.39, 0.29) is 24.1 Å². The second kappa shape index (κ2) is 13.2. The molecule has 0 unspecified atom stereocenters. The van der Waals surface area contributed by atoms with Gasteiger partial charge in [-0.25, -0.2) is 0 Å². The van der Waals surface area contributed by atoms with Crippen molar-refractivity contribution in [1.82, 2.24) is 10.2 Å². The number of carbonyl (C=O) groups excluding carboxylic acids is 2. The number of hydrogen-bond acceptors (Lipinski definition) is 3. The summed E-state index contributed by atoms with van der Waals surface area (Å²) in [5.41, 5.74) is 1.83. The maximum Gasteiger partial charge on any atom is 0.242 e. The molecule has 2 amide bonds. The van der Waals surface area contributed by atoms with Gasteiger partial charge in [0, 0.05) is 33.9 Å². The minimum absolute atomic E-state index is 0.122. The van der Waals surface area contributed by atoms with Crippen LogP contribution in [0.3, 0.4) is 0 Å². The van der Waals surface area contributed by atoms with Gasteiger partial charge in [0.05, 0.1) is 5.75 Å². The summed E-state index contributed by atoms with van der Waals surface area (Å²) in [6, 6.07) is 12.1. The van der Waals surface area contributed by atoms with E-state index in [1.54, 1.807) is 30.0 Å².